The fourth-order valence-corrected chi connectivity index (χ4v) is 10.5. The lowest BCUT2D eigenvalue weighted by molar-refractivity contribution is -0.167. The molecule has 0 aromatic heterocycles. The number of esters is 3. The summed E-state index contributed by atoms with van der Waals surface area (Å²) in [6.07, 6.45) is 85.7. The van der Waals surface area contributed by atoms with Crippen LogP contribution in [0.25, 0.3) is 0 Å². The number of hydrogen-bond acceptors (Lipinski definition) is 6. The summed E-state index contributed by atoms with van der Waals surface area (Å²) in [5, 5.41) is 0. The fraction of sp³-hybridized carbons (Fsp3) is 0.849. The van der Waals surface area contributed by atoms with Gasteiger partial charge in [-0.3, -0.25) is 14.4 Å². The molecule has 0 aliphatic rings. The molecule has 79 heavy (non-hydrogen) atoms. The number of hydrogen-bond donors (Lipinski definition) is 0. The first-order chi connectivity index (χ1) is 39.0. The van der Waals surface area contributed by atoms with Gasteiger partial charge in [-0.25, -0.2) is 0 Å². The number of carbonyl (C=O) groups is 3. The molecule has 1 unspecified atom stereocenters. The maximum atomic E-state index is 12.9. The smallest absolute Gasteiger partial charge is 0.306 e. The van der Waals surface area contributed by atoms with Crippen molar-refractivity contribution in [1.82, 2.24) is 0 Å². The van der Waals surface area contributed by atoms with E-state index in [-0.39, 0.29) is 31.1 Å². The van der Waals surface area contributed by atoms with E-state index in [1.54, 1.807) is 0 Å². The summed E-state index contributed by atoms with van der Waals surface area (Å²) in [5.74, 6) is -0.849. The third-order valence-corrected chi connectivity index (χ3v) is 15.8. The molecular weight excluding hydrogens is 973 g/mol. The monoisotopic (exact) mass is 1110 g/mol. The molecule has 0 bridgehead atoms. The molecule has 0 aromatic carbocycles. The van der Waals surface area contributed by atoms with Crippen LogP contribution < -0.4 is 0 Å². The van der Waals surface area contributed by atoms with Crippen LogP contribution in [0.15, 0.2) is 48.6 Å². The summed E-state index contributed by atoms with van der Waals surface area (Å²) in [7, 11) is 0. The summed E-state index contributed by atoms with van der Waals surface area (Å²) in [6, 6.07) is 0. The van der Waals surface area contributed by atoms with E-state index in [0.29, 0.717) is 19.3 Å². The predicted molar refractivity (Wildman–Crippen MR) is 344 cm³/mol. The number of unbranched alkanes of at least 4 members (excludes halogenated alkanes) is 46. The van der Waals surface area contributed by atoms with Crippen LogP contribution in [0.1, 0.15) is 380 Å². The van der Waals surface area contributed by atoms with Crippen LogP contribution in [-0.4, -0.2) is 37.2 Å². The zero-order valence-electron chi connectivity index (χ0n) is 53.2. The highest BCUT2D eigenvalue weighted by Gasteiger charge is 2.19. The van der Waals surface area contributed by atoms with Gasteiger partial charge in [-0.05, 0) is 83.5 Å². The van der Waals surface area contributed by atoms with E-state index >= 15 is 0 Å². The quantitative estimate of drug-likeness (QED) is 0.0261. The maximum absolute atomic E-state index is 12.9. The zero-order valence-corrected chi connectivity index (χ0v) is 53.2. The van der Waals surface area contributed by atoms with Gasteiger partial charge in [0.25, 0.3) is 0 Å². The minimum atomic E-state index is -0.773. The minimum absolute atomic E-state index is 0.0695. The Hall–Kier alpha value is -2.63. The summed E-state index contributed by atoms with van der Waals surface area (Å²) in [4.78, 5) is 38.3. The SMILES string of the molecule is CCCCCCC/C=C\C/C=C\C/C=C\CCCCCCCCCCCCCCCCCCC(=O)OCC(COC(=O)CCCCCCCCCCCCCC)OC(=O)CCCCCCCCC/C=C\CCCCCCCCC. The minimum Gasteiger partial charge on any atom is -0.462 e. The van der Waals surface area contributed by atoms with Crippen LogP contribution in [0.4, 0.5) is 0 Å². The summed E-state index contributed by atoms with van der Waals surface area (Å²) >= 11 is 0. The van der Waals surface area contributed by atoms with E-state index in [2.05, 4.69) is 69.4 Å². The molecule has 0 saturated heterocycles. The van der Waals surface area contributed by atoms with Crippen molar-refractivity contribution in [2.45, 2.75) is 386 Å². The Kier molecular flexibility index (Phi) is 65.6. The molecule has 1 atom stereocenters. The molecule has 0 spiro atoms. The van der Waals surface area contributed by atoms with Crippen molar-refractivity contribution in [2.24, 2.45) is 0 Å². The summed E-state index contributed by atoms with van der Waals surface area (Å²) < 4.78 is 17.0. The van der Waals surface area contributed by atoms with Gasteiger partial charge in [0.1, 0.15) is 13.2 Å². The molecule has 462 valence electrons. The first-order valence-electron chi connectivity index (χ1n) is 35.1. The van der Waals surface area contributed by atoms with Crippen LogP contribution >= 0.6 is 0 Å². The average Bonchev–Trinajstić information content (AvgIpc) is 3.45. The van der Waals surface area contributed by atoms with E-state index in [1.165, 1.54) is 270 Å². The van der Waals surface area contributed by atoms with Crippen molar-refractivity contribution < 1.29 is 28.6 Å². The third kappa shape index (κ3) is 66.1. The van der Waals surface area contributed by atoms with Crippen molar-refractivity contribution in [1.29, 1.82) is 0 Å². The zero-order chi connectivity index (χ0) is 57.1. The first kappa shape index (κ1) is 76.4. The Labute approximate surface area is 492 Å². The number of ether oxygens (including phenoxy) is 3. The van der Waals surface area contributed by atoms with E-state index in [0.717, 1.165) is 70.6 Å². The lowest BCUT2D eigenvalue weighted by Gasteiger charge is -2.18. The Bertz CT molecular complexity index is 1360. The summed E-state index contributed by atoms with van der Waals surface area (Å²) in [6.45, 7) is 6.68. The van der Waals surface area contributed by atoms with Crippen molar-refractivity contribution in [3.05, 3.63) is 48.6 Å². The lowest BCUT2D eigenvalue weighted by Crippen LogP contribution is -2.30. The molecule has 0 saturated carbocycles. The van der Waals surface area contributed by atoms with Crippen molar-refractivity contribution in [2.75, 3.05) is 13.2 Å². The molecule has 0 aliphatic carbocycles. The lowest BCUT2D eigenvalue weighted by atomic mass is 10.0. The van der Waals surface area contributed by atoms with Gasteiger partial charge in [0.15, 0.2) is 6.10 Å². The van der Waals surface area contributed by atoms with E-state index in [9.17, 15) is 14.4 Å². The molecular formula is C73H134O6. The Morgan fingerprint density at radius 2 is 0.456 bits per heavy atom. The fourth-order valence-electron chi connectivity index (χ4n) is 10.5. The van der Waals surface area contributed by atoms with Gasteiger partial charge in [0.05, 0.1) is 0 Å². The summed E-state index contributed by atoms with van der Waals surface area (Å²) in [5.41, 5.74) is 0. The second-order valence-electron chi connectivity index (χ2n) is 23.8. The van der Waals surface area contributed by atoms with Crippen LogP contribution in [0.3, 0.4) is 0 Å². The number of allylic oxidation sites excluding steroid dienone is 8. The van der Waals surface area contributed by atoms with E-state index in [4.69, 9.17) is 14.2 Å². The molecule has 6 nitrogen and oxygen atoms in total. The highest BCUT2D eigenvalue weighted by Crippen LogP contribution is 2.18. The topological polar surface area (TPSA) is 78.9 Å². The Morgan fingerprint density at radius 1 is 0.253 bits per heavy atom. The predicted octanol–water partition coefficient (Wildman–Crippen LogP) is 24.1. The van der Waals surface area contributed by atoms with E-state index in [1.807, 2.05) is 0 Å². The normalized spacial score (nSPS) is 12.3. The standard InChI is InChI=1S/C73H134O6/c1-4-7-10-13-16-19-22-25-27-29-31-32-33-34-35-36-37-38-39-40-41-42-43-45-46-48-51-54-57-60-63-66-72(75)78-69-70(68-77-71(74)65-62-59-56-53-50-24-21-18-15-12-9-6-3)79-73(76)67-64-61-58-55-52-49-47-44-30-28-26-23-20-17-14-11-8-5-2/h22,25,28-31,33-34,70H,4-21,23-24,26-27,32,35-69H2,1-3H3/b25-22-,30-28-,31-29-,34-33-. The van der Waals surface area contributed by atoms with Crippen molar-refractivity contribution in [3.8, 4) is 0 Å². The van der Waals surface area contributed by atoms with Crippen molar-refractivity contribution in [3.63, 3.8) is 0 Å². The van der Waals surface area contributed by atoms with E-state index < -0.39 is 6.10 Å². The molecule has 0 heterocycles. The molecule has 6 heteroatoms. The molecule has 0 N–H and O–H groups in total. The number of rotatable bonds is 65. The molecule has 0 amide bonds. The van der Waals surface area contributed by atoms with Gasteiger partial charge in [0.2, 0.25) is 0 Å². The molecule has 0 radical (unpaired) electrons. The number of carbonyl (C=O) groups excluding carboxylic acids is 3. The first-order valence-corrected chi connectivity index (χ1v) is 35.1. The largest absolute Gasteiger partial charge is 0.462 e. The third-order valence-electron chi connectivity index (χ3n) is 15.8. The Morgan fingerprint density at radius 3 is 0.722 bits per heavy atom. The molecule has 0 rings (SSSR count). The van der Waals surface area contributed by atoms with Crippen LogP contribution in [0.2, 0.25) is 0 Å². The second-order valence-corrected chi connectivity index (χ2v) is 23.8. The average molecular weight is 1110 g/mol. The van der Waals surface area contributed by atoms with Gasteiger partial charge in [-0.15, -0.1) is 0 Å². The highest BCUT2D eigenvalue weighted by atomic mass is 16.6. The Balaban J connectivity index is 4.16. The van der Waals surface area contributed by atoms with Crippen LogP contribution in [0.5, 0.6) is 0 Å². The van der Waals surface area contributed by atoms with Gasteiger partial charge >= 0.3 is 17.9 Å². The van der Waals surface area contributed by atoms with Gasteiger partial charge in [-0.1, -0.05) is 326 Å². The highest BCUT2D eigenvalue weighted by molar-refractivity contribution is 5.71. The maximum Gasteiger partial charge on any atom is 0.306 e. The second kappa shape index (κ2) is 67.9. The van der Waals surface area contributed by atoms with Gasteiger partial charge in [-0.2, -0.15) is 0 Å². The van der Waals surface area contributed by atoms with Crippen LogP contribution in [0, 0.1) is 0 Å². The molecule has 0 aliphatic heterocycles. The van der Waals surface area contributed by atoms with Crippen LogP contribution in [-0.2, 0) is 28.6 Å². The van der Waals surface area contributed by atoms with Crippen molar-refractivity contribution >= 4 is 17.9 Å². The van der Waals surface area contributed by atoms with Gasteiger partial charge < -0.3 is 14.2 Å². The molecule has 0 aromatic rings. The molecule has 0 fully saturated rings. The van der Waals surface area contributed by atoms with Gasteiger partial charge in [0, 0.05) is 19.3 Å².